The second-order valence-electron chi connectivity index (χ2n) is 5.26. The molecule has 1 aliphatic rings. The van der Waals surface area contributed by atoms with Gasteiger partial charge in [-0.3, -0.25) is 9.59 Å². The number of carbonyl (C=O) groups is 2. The highest BCUT2D eigenvalue weighted by Gasteiger charge is 2.29. The maximum absolute atomic E-state index is 13.3. The molecule has 1 fully saturated rings. The summed E-state index contributed by atoms with van der Waals surface area (Å²) in [6.45, 7) is 3.62. The highest BCUT2D eigenvalue weighted by atomic mass is 32.2. The van der Waals surface area contributed by atoms with Crippen molar-refractivity contribution in [3.05, 3.63) is 35.3 Å². The molecule has 22 heavy (non-hydrogen) atoms. The van der Waals surface area contributed by atoms with Crippen LogP contribution in [-0.4, -0.2) is 22.9 Å². The Morgan fingerprint density at radius 2 is 2.32 bits per heavy atom. The summed E-state index contributed by atoms with van der Waals surface area (Å²) in [5.74, 6) is 0.426. The molecule has 1 saturated heterocycles. The summed E-state index contributed by atoms with van der Waals surface area (Å²) < 4.78 is 19.1. The van der Waals surface area contributed by atoms with Crippen LogP contribution in [0.25, 0.3) is 11.0 Å². The standard InChI is InChI=1S/C15H15FN2O3S/c1-7-10-5-9(16)3-4-12(10)21-13(7)8(2)17-14(19)11-6-22-15(20)18-11/h3-5,8,11H,6H2,1-2H3,(H,17,19)(H,18,20)/t8-,11+/m1/s1. The molecule has 2 amide bonds. The SMILES string of the molecule is Cc1c([C@@H](C)NC(=O)[C@@H]2CSC(=O)N2)oc2ccc(F)cc12. The van der Waals surface area contributed by atoms with Gasteiger partial charge < -0.3 is 15.1 Å². The molecule has 2 aromatic rings. The van der Waals surface area contributed by atoms with Crippen LogP contribution in [-0.2, 0) is 4.79 Å². The van der Waals surface area contributed by atoms with Gasteiger partial charge in [-0.05, 0) is 32.0 Å². The van der Waals surface area contributed by atoms with Crippen molar-refractivity contribution < 1.29 is 18.4 Å². The van der Waals surface area contributed by atoms with Crippen LogP contribution in [0.1, 0.15) is 24.3 Å². The number of amides is 2. The van der Waals surface area contributed by atoms with Gasteiger partial charge in [0, 0.05) is 16.7 Å². The predicted octanol–water partition coefficient (Wildman–Crippen LogP) is 2.88. The monoisotopic (exact) mass is 322 g/mol. The molecule has 116 valence electrons. The summed E-state index contributed by atoms with van der Waals surface area (Å²) in [6.07, 6.45) is 0. The number of fused-ring (bicyclic) bond motifs is 1. The van der Waals surface area contributed by atoms with E-state index in [2.05, 4.69) is 10.6 Å². The Morgan fingerprint density at radius 1 is 1.55 bits per heavy atom. The molecule has 0 unspecified atom stereocenters. The van der Waals surface area contributed by atoms with E-state index in [0.717, 1.165) is 17.3 Å². The van der Waals surface area contributed by atoms with Crippen LogP contribution in [0, 0.1) is 12.7 Å². The fourth-order valence-corrected chi connectivity index (χ4v) is 3.31. The number of aryl methyl sites for hydroxylation is 1. The number of hydrogen-bond donors (Lipinski definition) is 2. The molecule has 0 aliphatic carbocycles. The third-order valence-corrected chi connectivity index (χ3v) is 4.56. The Morgan fingerprint density at radius 3 is 3.00 bits per heavy atom. The quantitative estimate of drug-likeness (QED) is 0.911. The Kier molecular flexibility index (Phi) is 3.82. The van der Waals surface area contributed by atoms with Gasteiger partial charge in [0.2, 0.25) is 5.91 Å². The summed E-state index contributed by atoms with van der Waals surface area (Å²) >= 11 is 1.09. The fraction of sp³-hybridized carbons (Fsp3) is 0.333. The molecule has 7 heteroatoms. The smallest absolute Gasteiger partial charge is 0.279 e. The zero-order chi connectivity index (χ0) is 15.9. The van der Waals surface area contributed by atoms with Gasteiger partial charge >= 0.3 is 0 Å². The number of hydrogen-bond acceptors (Lipinski definition) is 4. The fourth-order valence-electron chi connectivity index (χ4n) is 2.53. The summed E-state index contributed by atoms with van der Waals surface area (Å²) in [5.41, 5.74) is 1.38. The summed E-state index contributed by atoms with van der Waals surface area (Å²) in [4.78, 5) is 23.2. The second kappa shape index (κ2) is 5.64. The highest BCUT2D eigenvalue weighted by Crippen LogP contribution is 2.30. The maximum Gasteiger partial charge on any atom is 0.279 e. The predicted molar refractivity (Wildman–Crippen MR) is 82.2 cm³/mol. The number of nitrogens with one attached hydrogen (secondary N) is 2. The molecule has 0 saturated carbocycles. The Hall–Kier alpha value is -2.02. The van der Waals surface area contributed by atoms with Crippen LogP contribution in [0.15, 0.2) is 22.6 Å². The van der Waals surface area contributed by atoms with E-state index < -0.39 is 6.04 Å². The van der Waals surface area contributed by atoms with E-state index in [4.69, 9.17) is 4.42 Å². The third-order valence-electron chi connectivity index (χ3n) is 3.68. The van der Waals surface area contributed by atoms with E-state index in [1.54, 1.807) is 13.0 Å². The van der Waals surface area contributed by atoms with Crippen LogP contribution < -0.4 is 10.6 Å². The van der Waals surface area contributed by atoms with Gasteiger partial charge in [0.25, 0.3) is 5.24 Å². The van der Waals surface area contributed by atoms with Gasteiger partial charge in [-0.25, -0.2) is 4.39 Å². The van der Waals surface area contributed by atoms with E-state index in [0.29, 0.717) is 22.5 Å². The summed E-state index contributed by atoms with van der Waals surface area (Å²) in [5, 5.41) is 5.92. The zero-order valence-electron chi connectivity index (χ0n) is 12.1. The first-order valence-corrected chi connectivity index (χ1v) is 7.86. The molecule has 0 bridgehead atoms. The molecule has 2 heterocycles. The first-order valence-electron chi connectivity index (χ1n) is 6.88. The highest BCUT2D eigenvalue weighted by molar-refractivity contribution is 8.14. The van der Waals surface area contributed by atoms with Gasteiger partial charge in [0.1, 0.15) is 23.2 Å². The van der Waals surface area contributed by atoms with Gasteiger partial charge in [-0.15, -0.1) is 0 Å². The first kappa shape index (κ1) is 14.9. The topological polar surface area (TPSA) is 71.3 Å². The van der Waals surface area contributed by atoms with Gasteiger partial charge in [0.15, 0.2) is 0 Å². The Labute approximate surface area is 130 Å². The van der Waals surface area contributed by atoms with E-state index >= 15 is 0 Å². The molecule has 3 rings (SSSR count). The lowest BCUT2D eigenvalue weighted by molar-refractivity contribution is -0.123. The molecule has 1 aromatic carbocycles. The number of carbonyl (C=O) groups excluding carboxylic acids is 2. The minimum Gasteiger partial charge on any atom is -0.459 e. The maximum atomic E-state index is 13.3. The van der Waals surface area contributed by atoms with Crippen LogP contribution >= 0.6 is 11.8 Å². The van der Waals surface area contributed by atoms with E-state index in [9.17, 15) is 14.0 Å². The Bertz CT molecular complexity index is 759. The molecule has 0 spiro atoms. The largest absolute Gasteiger partial charge is 0.459 e. The summed E-state index contributed by atoms with van der Waals surface area (Å²) in [6, 6.07) is 3.43. The van der Waals surface area contributed by atoms with Gasteiger partial charge in [-0.2, -0.15) is 0 Å². The van der Waals surface area contributed by atoms with Crippen molar-refractivity contribution in [2.24, 2.45) is 0 Å². The average Bonchev–Trinajstić information content (AvgIpc) is 3.04. The molecular formula is C15H15FN2O3S. The number of halogens is 1. The normalized spacial score (nSPS) is 19.2. The molecule has 1 aromatic heterocycles. The van der Waals surface area contributed by atoms with Crippen molar-refractivity contribution in [3.63, 3.8) is 0 Å². The van der Waals surface area contributed by atoms with Crippen LogP contribution in [0.5, 0.6) is 0 Å². The number of rotatable bonds is 3. The lowest BCUT2D eigenvalue weighted by Gasteiger charge is -2.15. The van der Waals surface area contributed by atoms with Crippen molar-refractivity contribution in [3.8, 4) is 0 Å². The lowest BCUT2D eigenvalue weighted by Crippen LogP contribution is -2.43. The zero-order valence-corrected chi connectivity index (χ0v) is 12.9. The average molecular weight is 322 g/mol. The molecule has 2 atom stereocenters. The summed E-state index contributed by atoms with van der Waals surface area (Å²) in [7, 11) is 0. The van der Waals surface area contributed by atoms with Crippen molar-refractivity contribution in [2.45, 2.75) is 25.9 Å². The number of furan rings is 1. The van der Waals surface area contributed by atoms with Crippen molar-refractivity contribution in [1.29, 1.82) is 0 Å². The number of benzene rings is 1. The third kappa shape index (κ3) is 2.68. The minimum atomic E-state index is -0.526. The van der Waals surface area contributed by atoms with Crippen molar-refractivity contribution in [1.82, 2.24) is 10.6 Å². The number of thioether (sulfide) groups is 1. The van der Waals surface area contributed by atoms with Crippen molar-refractivity contribution >= 4 is 33.9 Å². The van der Waals surface area contributed by atoms with Crippen LogP contribution in [0.4, 0.5) is 9.18 Å². The van der Waals surface area contributed by atoms with E-state index in [1.165, 1.54) is 12.1 Å². The second-order valence-corrected chi connectivity index (χ2v) is 6.25. The molecule has 1 aliphatic heterocycles. The molecule has 0 radical (unpaired) electrons. The van der Waals surface area contributed by atoms with Gasteiger partial charge in [-0.1, -0.05) is 11.8 Å². The molecule has 5 nitrogen and oxygen atoms in total. The van der Waals surface area contributed by atoms with Crippen LogP contribution in [0.3, 0.4) is 0 Å². The molecule has 2 N–H and O–H groups in total. The van der Waals surface area contributed by atoms with E-state index in [1.807, 2.05) is 6.92 Å². The first-order chi connectivity index (χ1) is 10.5. The molecular weight excluding hydrogens is 307 g/mol. The minimum absolute atomic E-state index is 0.191. The van der Waals surface area contributed by atoms with Crippen molar-refractivity contribution in [2.75, 3.05) is 5.75 Å². The van der Waals surface area contributed by atoms with E-state index in [-0.39, 0.29) is 23.0 Å². The Balaban J connectivity index is 1.80. The van der Waals surface area contributed by atoms with Crippen LogP contribution in [0.2, 0.25) is 0 Å². The lowest BCUT2D eigenvalue weighted by atomic mass is 10.1. The van der Waals surface area contributed by atoms with Gasteiger partial charge in [0.05, 0.1) is 6.04 Å².